The number of carbonyl (C=O) groups is 1. The predicted octanol–water partition coefficient (Wildman–Crippen LogP) is 4.75. The maximum atomic E-state index is 12.9. The molecule has 6 heteroatoms. The van der Waals surface area contributed by atoms with Crippen LogP contribution in [0.15, 0.2) is 0 Å². The lowest BCUT2D eigenvalue weighted by atomic mass is 9.96. The van der Waals surface area contributed by atoms with Gasteiger partial charge in [0.2, 0.25) is 5.91 Å². The lowest BCUT2D eigenvalue weighted by Crippen LogP contribution is -2.37. The van der Waals surface area contributed by atoms with E-state index in [0.717, 1.165) is 62.3 Å². The molecule has 2 aliphatic rings. The van der Waals surface area contributed by atoms with Crippen LogP contribution in [0.1, 0.15) is 75.1 Å². The molecule has 1 saturated heterocycles. The van der Waals surface area contributed by atoms with E-state index in [-0.39, 0.29) is 5.91 Å². The van der Waals surface area contributed by atoms with Gasteiger partial charge >= 0.3 is 0 Å². The van der Waals surface area contributed by atoms with Gasteiger partial charge in [-0.15, -0.1) is 11.3 Å². The fourth-order valence-corrected chi connectivity index (χ4v) is 6.19. The van der Waals surface area contributed by atoms with Gasteiger partial charge in [0.1, 0.15) is 16.5 Å². The summed E-state index contributed by atoms with van der Waals surface area (Å²) < 4.78 is 0. The van der Waals surface area contributed by atoms with Crippen LogP contribution in [0, 0.1) is 0 Å². The summed E-state index contributed by atoms with van der Waals surface area (Å²) in [4.78, 5) is 29.7. The van der Waals surface area contributed by atoms with Crippen LogP contribution in [0.3, 0.4) is 0 Å². The highest BCUT2D eigenvalue weighted by Crippen LogP contribution is 2.40. The van der Waals surface area contributed by atoms with E-state index in [1.54, 1.807) is 0 Å². The van der Waals surface area contributed by atoms with Crippen LogP contribution in [-0.4, -0.2) is 47.0 Å². The fourth-order valence-electron chi connectivity index (χ4n) is 4.92. The number of nitrogens with zero attached hydrogens (tertiary/aromatic N) is 4. The first-order valence-electron chi connectivity index (χ1n) is 11.4. The van der Waals surface area contributed by atoms with Crippen molar-refractivity contribution in [3.05, 3.63) is 16.3 Å². The van der Waals surface area contributed by atoms with E-state index in [4.69, 9.17) is 9.97 Å². The highest BCUT2D eigenvalue weighted by molar-refractivity contribution is 7.19. The molecule has 1 amide bonds. The van der Waals surface area contributed by atoms with Gasteiger partial charge < -0.3 is 9.80 Å². The van der Waals surface area contributed by atoms with Gasteiger partial charge in [0.05, 0.1) is 11.8 Å². The first-order chi connectivity index (χ1) is 14.1. The van der Waals surface area contributed by atoms with Crippen molar-refractivity contribution in [3.63, 3.8) is 0 Å². The number of amides is 1. The number of thiophene rings is 1. The summed E-state index contributed by atoms with van der Waals surface area (Å²) in [6.07, 6.45) is 10.8. The zero-order valence-electron chi connectivity index (χ0n) is 18.2. The summed E-state index contributed by atoms with van der Waals surface area (Å²) in [7, 11) is 2.17. The van der Waals surface area contributed by atoms with Crippen molar-refractivity contribution in [2.24, 2.45) is 0 Å². The molecule has 0 atom stereocenters. The summed E-state index contributed by atoms with van der Waals surface area (Å²) in [6, 6.07) is 0.456. The van der Waals surface area contributed by atoms with E-state index in [9.17, 15) is 4.79 Å². The Bertz CT molecular complexity index is 867. The summed E-state index contributed by atoms with van der Waals surface area (Å²) in [5.41, 5.74) is 1.47. The average Bonchev–Trinajstić information content (AvgIpc) is 3.13. The molecule has 29 heavy (non-hydrogen) atoms. The molecule has 0 spiro atoms. The van der Waals surface area contributed by atoms with E-state index >= 15 is 0 Å². The molecule has 1 fully saturated rings. The number of aryl methyl sites for hydroxylation is 2. The fraction of sp³-hybridized carbons (Fsp3) is 0.696. The number of carbonyl (C=O) groups excluding carboxylic acids is 1. The quantitative estimate of drug-likeness (QED) is 0.684. The predicted molar refractivity (Wildman–Crippen MR) is 121 cm³/mol. The minimum absolute atomic E-state index is 0.182. The summed E-state index contributed by atoms with van der Waals surface area (Å²) in [5.74, 6) is 1.92. The zero-order valence-corrected chi connectivity index (χ0v) is 19.0. The van der Waals surface area contributed by atoms with Crippen molar-refractivity contribution in [1.29, 1.82) is 0 Å². The Morgan fingerprint density at radius 2 is 1.79 bits per heavy atom. The van der Waals surface area contributed by atoms with Gasteiger partial charge in [-0.1, -0.05) is 13.8 Å². The molecular formula is C23H34N4OS. The number of fused-ring (bicyclic) bond motifs is 3. The standard InChI is InChI=1S/C23H34N4OS/c1-4-16(5-2)26(3)22-21-17-11-7-8-12-18(17)29-23(21)25-19(24-22)15-20(28)27-13-9-6-10-14-27/h16H,4-15H2,1-3H3. The molecule has 0 aromatic carbocycles. The molecule has 4 rings (SSSR count). The van der Waals surface area contributed by atoms with Gasteiger partial charge in [0.25, 0.3) is 0 Å². The second kappa shape index (κ2) is 8.99. The number of anilines is 1. The van der Waals surface area contributed by atoms with E-state index < -0.39 is 0 Å². The third-order valence-electron chi connectivity index (χ3n) is 6.68. The maximum Gasteiger partial charge on any atom is 0.230 e. The largest absolute Gasteiger partial charge is 0.356 e. The van der Waals surface area contributed by atoms with Crippen molar-refractivity contribution in [3.8, 4) is 0 Å². The second-order valence-corrected chi connectivity index (χ2v) is 9.64. The molecule has 158 valence electrons. The maximum absolute atomic E-state index is 12.9. The molecular weight excluding hydrogens is 380 g/mol. The SMILES string of the molecule is CCC(CC)N(C)c1nc(CC(=O)N2CCCCC2)nc2sc3c(c12)CCCC3. The van der Waals surface area contributed by atoms with Gasteiger partial charge in [-0.05, 0) is 63.4 Å². The lowest BCUT2D eigenvalue weighted by molar-refractivity contribution is -0.131. The smallest absolute Gasteiger partial charge is 0.230 e. The van der Waals surface area contributed by atoms with Crippen LogP contribution in [0.5, 0.6) is 0 Å². The second-order valence-electron chi connectivity index (χ2n) is 8.55. The Hall–Kier alpha value is -1.69. The van der Waals surface area contributed by atoms with Crippen LogP contribution in [0.4, 0.5) is 5.82 Å². The third-order valence-corrected chi connectivity index (χ3v) is 7.87. The minimum atomic E-state index is 0.182. The number of aromatic nitrogens is 2. The lowest BCUT2D eigenvalue weighted by Gasteiger charge is -2.29. The molecule has 0 saturated carbocycles. The molecule has 1 aliphatic heterocycles. The highest BCUT2D eigenvalue weighted by atomic mass is 32.1. The number of rotatable bonds is 6. The van der Waals surface area contributed by atoms with Crippen molar-refractivity contribution in [2.45, 2.75) is 84.1 Å². The van der Waals surface area contributed by atoms with Gasteiger partial charge in [-0.3, -0.25) is 4.79 Å². The van der Waals surface area contributed by atoms with Crippen molar-refractivity contribution < 1.29 is 4.79 Å². The van der Waals surface area contributed by atoms with Crippen molar-refractivity contribution >= 4 is 33.3 Å². The van der Waals surface area contributed by atoms with Crippen LogP contribution in [-0.2, 0) is 24.1 Å². The van der Waals surface area contributed by atoms with Crippen LogP contribution in [0.2, 0.25) is 0 Å². The first-order valence-corrected chi connectivity index (χ1v) is 12.3. The van der Waals surface area contributed by atoms with E-state index in [1.807, 2.05) is 16.2 Å². The van der Waals surface area contributed by atoms with Gasteiger partial charge in [0, 0.05) is 31.1 Å². The van der Waals surface area contributed by atoms with Crippen molar-refractivity contribution in [1.82, 2.24) is 14.9 Å². The highest BCUT2D eigenvalue weighted by Gasteiger charge is 2.26. The van der Waals surface area contributed by atoms with E-state index in [2.05, 4.69) is 25.8 Å². The molecule has 5 nitrogen and oxygen atoms in total. The normalized spacial score (nSPS) is 17.0. The first kappa shape index (κ1) is 20.6. The van der Waals surface area contributed by atoms with Crippen LogP contribution in [0.25, 0.3) is 10.2 Å². The summed E-state index contributed by atoms with van der Waals surface area (Å²) in [6.45, 7) is 6.25. The molecule has 3 heterocycles. The van der Waals surface area contributed by atoms with E-state index in [0.29, 0.717) is 18.3 Å². The number of hydrogen-bond donors (Lipinski definition) is 0. The molecule has 0 bridgehead atoms. The minimum Gasteiger partial charge on any atom is -0.356 e. The topological polar surface area (TPSA) is 49.3 Å². The van der Waals surface area contributed by atoms with Gasteiger partial charge in [0.15, 0.2) is 0 Å². The molecule has 1 aliphatic carbocycles. The Balaban J connectivity index is 1.73. The number of hydrogen-bond acceptors (Lipinski definition) is 5. The Labute approximate surface area is 178 Å². The average molecular weight is 415 g/mol. The Kier molecular flexibility index (Phi) is 6.38. The summed E-state index contributed by atoms with van der Waals surface area (Å²) in [5, 5.41) is 1.26. The zero-order chi connectivity index (χ0) is 20.4. The Morgan fingerprint density at radius 3 is 2.52 bits per heavy atom. The molecule has 0 N–H and O–H groups in total. The van der Waals surface area contributed by atoms with Gasteiger partial charge in [-0.25, -0.2) is 9.97 Å². The van der Waals surface area contributed by atoms with Crippen LogP contribution < -0.4 is 4.90 Å². The van der Waals surface area contributed by atoms with Crippen molar-refractivity contribution in [2.75, 3.05) is 25.0 Å². The summed E-state index contributed by atoms with van der Waals surface area (Å²) >= 11 is 1.83. The number of likely N-dealkylation sites (tertiary alicyclic amines) is 1. The van der Waals surface area contributed by atoms with Crippen LogP contribution >= 0.6 is 11.3 Å². The molecule has 0 unspecified atom stereocenters. The monoisotopic (exact) mass is 414 g/mol. The third kappa shape index (κ3) is 4.14. The molecule has 2 aromatic rings. The Morgan fingerprint density at radius 1 is 1.07 bits per heavy atom. The van der Waals surface area contributed by atoms with E-state index in [1.165, 1.54) is 35.1 Å². The number of piperidine rings is 1. The molecule has 2 aromatic heterocycles. The van der Waals surface area contributed by atoms with Gasteiger partial charge in [-0.2, -0.15) is 0 Å². The molecule has 0 radical (unpaired) electrons.